The van der Waals surface area contributed by atoms with Gasteiger partial charge in [-0.2, -0.15) is 0 Å². The first-order valence-electron chi connectivity index (χ1n) is 5.32. The number of primary amides is 1. The molecule has 0 aliphatic carbocycles. The van der Waals surface area contributed by atoms with E-state index in [0.29, 0.717) is 31.1 Å². The minimum Gasteiger partial charge on any atom is -0.375 e. The van der Waals surface area contributed by atoms with Crippen LogP contribution in [0.15, 0.2) is 30.5 Å². The summed E-state index contributed by atoms with van der Waals surface area (Å²) in [6.07, 6.45) is 1.60. The van der Waals surface area contributed by atoms with Crippen molar-refractivity contribution >= 4 is 11.7 Å². The molecule has 0 aliphatic rings. The summed E-state index contributed by atoms with van der Waals surface area (Å²) in [5.41, 5.74) is 6.58. The molecule has 1 rings (SSSR count). The van der Waals surface area contributed by atoms with Crippen molar-refractivity contribution in [2.45, 2.75) is 6.92 Å². The SMILES string of the molecule is C=C(C)COCCNc1ncccc1C(N)=O. The number of nitrogens with zero attached hydrogens (tertiary/aromatic N) is 1. The van der Waals surface area contributed by atoms with E-state index in [-0.39, 0.29) is 0 Å². The number of aromatic nitrogens is 1. The van der Waals surface area contributed by atoms with Crippen LogP contribution in [0, 0.1) is 0 Å². The van der Waals surface area contributed by atoms with Gasteiger partial charge in [0.2, 0.25) is 0 Å². The van der Waals surface area contributed by atoms with Crippen LogP contribution in [0.2, 0.25) is 0 Å². The zero-order valence-electron chi connectivity index (χ0n) is 9.90. The van der Waals surface area contributed by atoms with Crippen LogP contribution >= 0.6 is 0 Å². The van der Waals surface area contributed by atoms with Crippen molar-refractivity contribution in [1.29, 1.82) is 0 Å². The number of ether oxygens (including phenoxy) is 1. The highest BCUT2D eigenvalue weighted by Gasteiger charge is 2.07. The van der Waals surface area contributed by atoms with Crippen LogP contribution in [0.1, 0.15) is 17.3 Å². The highest BCUT2D eigenvalue weighted by atomic mass is 16.5. The van der Waals surface area contributed by atoms with Gasteiger partial charge in [0.1, 0.15) is 5.82 Å². The lowest BCUT2D eigenvalue weighted by Gasteiger charge is -2.08. The first-order valence-corrected chi connectivity index (χ1v) is 5.32. The van der Waals surface area contributed by atoms with Gasteiger partial charge >= 0.3 is 0 Å². The third-order valence-corrected chi connectivity index (χ3v) is 1.96. The Labute approximate surface area is 101 Å². The number of carbonyl (C=O) groups is 1. The number of hydrogen-bond acceptors (Lipinski definition) is 4. The van der Waals surface area contributed by atoms with E-state index < -0.39 is 5.91 Å². The van der Waals surface area contributed by atoms with Gasteiger partial charge in [-0.3, -0.25) is 4.79 Å². The fraction of sp³-hybridized carbons (Fsp3) is 0.333. The Morgan fingerprint density at radius 1 is 1.65 bits per heavy atom. The number of nitrogens with two attached hydrogens (primary N) is 1. The van der Waals surface area contributed by atoms with Crippen LogP contribution < -0.4 is 11.1 Å². The Bertz CT molecular complexity index is 404. The highest BCUT2D eigenvalue weighted by Crippen LogP contribution is 2.09. The van der Waals surface area contributed by atoms with Gasteiger partial charge in [0.05, 0.1) is 18.8 Å². The highest BCUT2D eigenvalue weighted by molar-refractivity contribution is 5.97. The third-order valence-electron chi connectivity index (χ3n) is 1.96. The van der Waals surface area contributed by atoms with Crippen LogP contribution in [0.5, 0.6) is 0 Å². The van der Waals surface area contributed by atoms with Crippen molar-refractivity contribution in [1.82, 2.24) is 4.98 Å². The summed E-state index contributed by atoms with van der Waals surface area (Å²) in [4.78, 5) is 15.1. The average Bonchev–Trinajstić information content (AvgIpc) is 2.28. The van der Waals surface area contributed by atoms with Crippen molar-refractivity contribution in [2.24, 2.45) is 5.73 Å². The van der Waals surface area contributed by atoms with Crippen LogP contribution in [0.3, 0.4) is 0 Å². The van der Waals surface area contributed by atoms with Crippen LogP contribution in [-0.2, 0) is 4.74 Å². The molecule has 3 N–H and O–H groups in total. The molecule has 0 saturated carbocycles. The Morgan fingerprint density at radius 3 is 3.06 bits per heavy atom. The maximum atomic E-state index is 11.1. The number of rotatable bonds is 7. The second-order valence-corrected chi connectivity index (χ2v) is 3.70. The van der Waals surface area contributed by atoms with Crippen molar-refractivity contribution in [2.75, 3.05) is 25.1 Å². The monoisotopic (exact) mass is 235 g/mol. The molecule has 5 heteroatoms. The van der Waals surface area contributed by atoms with Crippen molar-refractivity contribution < 1.29 is 9.53 Å². The van der Waals surface area contributed by atoms with Gasteiger partial charge < -0.3 is 15.8 Å². The molecule has 0 spiro atoms. The number of pyridine rings is 1. The lowest BCUT2D eigenvalue weighted by atomic mass is 10.2. The molecule has 1 heterocycles. The topological polar surface area (TPSA) is 77.2 Å². The normalized spacial score (nSPS) is 9.94. The lowest BCUT2D eigenvalue weighted by Crippen LogP contribution is -2.17. The average molecular weight is 235 g/mol. The smallest absolute Gasteiger partial charge is 0.252 e. The fourth-order valence-electron chi connectivity index (χ4n) is 1.23. The first kappa shape index (κ1) is 13.2. The van der Waals surface area contributed by atoms with Crippen LogP contribution in [0.25, 0.3) is 0 Å². The second-order valence-electron chi connectivity index (χ2n) is 3.70. The molecule has 5 nitrogen and oxygen atoms in total. The Hall–Kier alpha value is -1.88. The maximum absolute atomic E-state index is 11.1. The molecule has 1 aromatic rings. The Morgan fingerprint density at radius 2 is 2.41 bits per heavy atom. The zero-order valence-corrected chi connectivity index (χ0v) is 9.90. The summed E-state index contributed by atoms with van der Waals surface area (Å²) in [6, 6.07) is 3.30. The molecule has 0 radical (unpaired) electrons. The molecule has 0 aliphatic heterocycles. The largest absolute Gasteiger partial charge is 0.375 e. The minimum absolute atomic E-state index is 0.382. The summed E-state index contributed by atoms with van der Waals surface area (Å²) in [6.45, 7) is 7.24. The van der Waals surface area contributed by atoms with E-state index in [4.69, 9.17) is 10.5 Å². The Balaban J connectivity index is 2.41. The quantitative estimate of drug-likeness (QED) is 0.549. The minimum atomic E-state index is -0.497. The van der Waals surface area contributed by atoms with Gasteiger partial charge in [-0.05, 0) is 19.1 Å². The Kier molecular flexibility index (Phi) is 5.16. The molecule has 92 valence electrons. The van der Waals surface area contributed by atoms with Crippen molar-refractivity contribution in [3.63, 3.8) is 0 Å². The summed E-state index contributed by atoms with van der Waals surface area (Å²) >= 11 is 0. The second kappa shape index (κ2) is 6.65. The van der Waals surface area contributed by atoms with E-state index in [0.717, 1.165) is 5.57 Å². The first-order chi connectivity index (χ1) is 8.11. The molecule has 17 heavy (non-hydrogen) atoms. The van der Waals surface area contributed by atoms with Gasteiger partial charge in [-0.1, -0.05) is 12.2 Å². The van der Waals surface area contributed by atoms with Gasteiger partial charge in [0.15, 0.2) is 0 Å². The standard InChI is InChI=1S/C12H17N3O2/c1-9(2)8-17-7-6-15-12-10(11(13)16)4-3-5-14-12/h3-5H,1,6-8H2,2H3,(H2,13,16)(H,14,15). The summed E-state index contributed by atoms with van der Waals surface area (Å²) in [5, 5.41) is 3.00. The number of hydrogen-bond donors (Lipinski definition) is 2. The molecule has 1 aromatic heterocycles. The van der Waals surface area contributed by atoms with E-state index in [1.807, 2.05) is 6.92 Å². The number of anilines is 1. The van der Waals surface area contributed by atoms with E-state index in [2.05, 4.69) is 16.9 Å². The van der Waals surface area contributed by atoms with Gasteiger partial charge in [-0.25, -0.2) is 4.98 Å². The molecule has 1 amide bonds. The molecule has 0 unspecified atom stereocenters. The predicted octanol–water partition coefficient (Wildman–Crippen LogP) is 1.19. The fourth-order valence-corrected chi connectivity index (χ4v) is 1.23. The molecular formula is C12H17N3O2. The van der Waals surface area contributed by atoms with Gasteiger partial charge in [-0.15, -0.1) is 0 Å². The van der Waals surface area contributed by atoms with Gasteiger partial charge in [0.25, 0.3) is 5.91 Å². The molecule has 0 aromatic carbocycles. The maximum Gasteiger partial charge on any atom is 0.252 e. The van der Waals surface area contributed by atoms with Crippen LogP contribution in [0.4, 0.5) is 5.82 Å². The molecule has 0 saturated heterocycles. The third kappa shape index (κ3) is 4.65. The molecule has 0 bridgehead atoms. The van der Waals surface area contributed by atoms with Gasteiger partial charge in [0, 0.05) is 12.7 Å². The zero-order chi connectivity index (χ0) is 12.7. The number of nitrogens with one attached hydrogen (secondary N) is 1. The lowest BCUT2D eigenvalue weighted by molar-refractivity contribution is 0.100. The molecule has 0 atom stereocenters. The van der Waals surface area contributed by atoms with Crippen molar-refractivity contribution in [3.8, 4) is 0 Å². The number of amides is 1. The van der Waals surface area contributed by atoms with E-state index >= 15 is 0 Å². The summed E-state index contributed by atoms with van der Waals surface area (Å²) in [5.74, 6) is -0.0117. The number of carbonyl (C=O) groups excluding carboxylic acids is 1. The predicted molar refractivity (Wildman–Crippen MR) is 66.9 cm³/mol. The summed E-state index contributed by atoms with van der Waals surface area (Å²) in [7, 11) is 0. The van der Waals surface area contributed by atoms with E-state index in [1.54, 1.807) is 18.3 Å². The van der Waals surface area contributed by atoms with E-state index in [9.17, 15) is 4.79 Å². The molecular weight excluding hydrogens is 218 g/mol. The van der Waals surface area contributed by atoms with Crippen molar-refractivity contribution in [3.05, 3.63) is 36.0 Å². The molecule has 0 fully saturated rings. The van der Waals surface area contributed by atoms with Crippen LogP contribution in [-0.4, -0.2) is 30.6 Å². The van der Waals surface area contributed by atoms with E-state index in [1.165, 1.54) is 0 Å². The summed E-state index contributed by atoms with van der Waals surface area (Å²) < 4.78 is 5.31.